The van der Waals surface area contributed by atoms with Gasteiger partial charge < -0.3 is 5.32 Å². The molecule has 0 amide bonds. The zero-order chi connectivity index (χ0) is 14.8. The van der Waals surface area contributed by atoms with Crippen LogP contribution >= 0.6 is 0 Å². The van der Waals surface area contributed by atoms with Crippen molar-refractivity contribution in [3.05, 3.63) is 52.8 Å². The van der Waals surface area contributed by atoms with E-state index in [1.807, 2.05) is 18.8 Å². The fraction of sp³-hybridized carbons (Fsp3) is 0.500. The van der Waals surface area contributed by atoms with Crippen molar-refractivity contribution < 1.29 is 0 Å². The minimum absolute atomic E-state index is 0.211. The van der Waals surface area contributed by atoms with Crippen LogP contribution in [0.4, 0.5) is 0 Å². The van der Waals surface area contributed by atoms with E-state index >= 15 is 0 Å². The van der Waals surface area contributed by atoms with Crippen LogP contribution < -0.4 is 5.32 Å². The van der Waals surface area contributed by atoms with Crippen molar-refractivity contribution in [2.45, 2.75) is 44.6 Å². The molecule has 1 atom stereocenters. The van der Waals surface area contributed by atoms with Gasteiger partial charge in [0.2, 0.25) is 0 Å². The minimum atomic E-state index is 0.211. The van der Waals surface area contributed by atoms with Crippen molar-refractivity contribution in [1.29, 1.82) is 0 Å². The molecule has 1 heterocycles. The molecule has 0 aliphatic heterocycles. The van der Waals surface area contributed by atoms with E-state index in [4.69, 9.17) is 0 Å². The zero-order valence-electron chi connectivity index (χ0n) is 13.3. The first-order chi connectivity index (χ1) is 10.2. The lowest BCUT2D eigenvalue weighted by atomic mass is 9.79. The second kappa shape index (κ2) is 6.02. The SMILES string of the molecule is CCc1cc(C(NC)c2cccc(C3CCC3)c2)n(C)n1. The van der Waals surface area contributed by atoms with E-state index in [0.29, 0.717) is 0 Å². The lowest BCUT2D eigenvalue weighted by Crippen LogP contribution is -2.21. The van der Waals surface area contributed by atoms with E-state index in [9.17, 15) is 0 Å². The van der Waals surface area contributed by atoms with Gasteiger partial charge in [0.15, 0.2) is 0 Å². The summed E-state index contributed by atoms with van der Waals surface area (Å²) in [5.41, 5.74) is 5.23. The summed E-state index contributed by atoms with van der Waals surface area (Å²) in [4.78, 5) is 0. The third-order valence-electron chi connectivity index (χ3n) is 4.73. The summed E-state index contributed by atoms with van der Waals surface area (Å²) in [5.74, 6) is 0.778. The van der Waals surface area contributed by atoms with Crippen LogP contribution in [0.2, 0.25) is 0 Å². The van der Waals surface area contributed by atoms with Gasteiger partial charge in [-0.3, -0.25) is 4.68 Å². The Morgan fingerprint density at radius 3 is 2.71 bits per heavy atom. The van der Waals surface area contributed by atoms with Gasteiger partial charge in [-0.05, 0) is 49.4 Å². The molecule has 3 nitrogen and oxygen atoms in total. The van der Waals surface area contributed by atoms with E-state index in [1.54, 1.807) is 0 Å². The van der Waals surface area contributed by atoms with Crippen LogP contribution in [0.25, 0.3) is 0 Å². The number of aromatic nitrogens is 2. The molecule has 21 heavy (non-hydrogen) atoms. The molecule has 1 aromatic carbocycles. The predicted molar refractivity (Wildman–Crippen MR) is 86.5 cm³/mol. The maximum absolute atomic E-state index is 4.59. The van der Waals surface area contributed by atoms with Crippen molar-refractivity contribution >= 4 is 0 Å². The summed E-state index contributed by atoms with van der Waals surface area (Å²) < 4.78 is 2.01. The van der Waals surface area contributed by atoms with Crippen LogP contribution in [0.1, 0.15) is 60.7 Å². The lowest BCUT2D eigenvalue weighted by molar-refractivity contribution is 0.419. The van der Waals surface area contributed by atoms with E-state index in [1.165, 1.54) is 36.1 Å². The Morgan fingerprint density at radius 1 is 1.33 bits per heavy atom. The zero-order valence-corrected chi connectivity index (χ0v) is 13.3. The van der Waals surface area contributed by atoms with Crippen LogP contribution in [0, 0.1) is 0 Å². The van der Waals surface area contributed by atoms with Crippen molar-refractivity contribution in [2.24, 2.45) is 7.05 Å². The predicted octanol–water partition coefficient (Wildman–Crippen LogP) is 3.56. The highest BCUT2D eigenvalue weighted by Crippen LogP contribution is 2.37. The first-order valence-corrected chi connectivity index (χ1v) is 8.03. The molecule has 112 valence electrons. The van der Waals surface area contributed by atoms with E-state index < -0.39 is 0 Å². The van der Waals surface area contributed by atoms with Crippen LogP contribution in [0.3, 0.4) is 0 Å². The van der Waals surface area contributed by atoms with Crippen LogP contribution in [-0.4, -0.2) is 16.8 Å². The number of hydrogen-bond donors (Lipinski definition) is 1. The smallest absolute Gasteiger partial charge is 0.0745 e. The van der Waals surface area contributed by atoms with E-state index in [0.717, 1.165) is 18.0 Å². The molecule has 1 N–H and O–H groups in total. The Labute approximate surface area is 127 Å². The molecule has 1 aliphatic rings. The molecule has 0 radical (unpaired) electrons. The molecule has 0 bridgehead atoms. The minimum Gasteiger partial charge on any atom is -0.308 e. The summed E-state index contributed by atoms with van der Waals surface area (Å²) in [5, 5.41) is 8.04. The fourth-order valence-electron chi connectivity index (χ4n) is 3.21. The first kappa shape index (κ1) is 14.3. The van der Waals surface area contributed by atoms with Crippen molar-refractivity contribution in [3.63, 3.8) is 0 Å². The van der Waals surface area contributed by atoms with Crippen molar-refractivity contribution in [3.8, 4) is 0 Å². The molecule has 2 aromatic rings. The van der Waals surface area contributed by atoms with Gasteiger partial charge in [-0.25, -0.2) is 0 Å². The number of nitrogens with one attached hydrogen (secondary N) is 1. The number of nitrogens with zero attached hydrogens (tertiary/aromatic N) is 2. The molecule has 0 saturated heterocycles. The van der Waals surface area contributed by atoms with Gasteiger partial charge in [0.25, 0.3) is 0 Å². The Morgan fingerprint density at radius 2 is 2.14 bits per heavy atom. The largest absolute Gasteiger partial charge is 0.308 e. The van der Waals surface area contributed by atoms with Crippen LogP contribution in [-0.2, 0) is 13.5 Å². The van der Waals surface area contributed by atoms with Gasteiger partial charge in [0.05, 0.1) is 17.4 Å². The Kier molecular flexibility index (Phi) is 4.11. The first-order valence-electron chi connectivity index (χ1n) is 8.03. The van der Waals surface area contributed by atoms with E-state index in [2.05, 4.69) is 47.7 Å². The molecular formula is C18H25N3. The highest BCUT2D eigenvalue weighted by Gasteiger charge is 2.22. The van der Waals surface area contributed by atoms with Gasteiger partial charge >= 0.3 is 0 Å². The van der Waals surface area contributed by atoms with Crippen molar-refractivity contribution in [2.75, 3.05) is 7.05 Å². The summed E-state index contributed by atoms with van der Waals surface area (Å²) >= 11 is 0. The molecule has 1 saturated carbocycles. The van der Waals surface area contributed by atoms with Gasteiger partial charge in [0, 0.05) is 7.05 Å². The second-order valence-electron chi connectivity index (χ2n) is 6.06. The third kappa shape index (κ3) is 2.75. The topological polar surface area (TPSA) is 29.9 Å². The van der Waals surface area contributed by atoms with E-state index in [-0.39, 0.29) is 6.04 Å². The number of benzene rings is 1. The summed E-state index contributed by atoms with van der Waals surface area (Å²) in [7, 11) is 4.06. The molecule has 1 fully saturated rings. The monoisotopic (exact) mass is 283 g/mol. The number of aryl methyl sites for hydroxylation is 2. The fourth-order valence-corrected chi connectivity index (χ4v) is 3.21. The van der Waals surface area contributed by atoms with Crippen LogP contribution in [0.5, 0.6) is 0 Å². The Balaban J connectivity index is 1.93. The van der Waals surface area contributed by atoms with Crippen molar-refractivity contribution in [1.82, 2.24) is 15.1 Å². The molecule has 1 aliphatic carbocycles. The second-order valence-corrected chi connectivity index (χ2v) is 6.06. The Hall–Kier alpha value is -1.61. The quantitative estimate of drug-likeness (QED) is 0.909. The summed E-state index contributed by atoms with van der Waals surface area (Å²) in [6, 6.07) is 11.5. The summed E-state index contributed by atoms with van der Waals surface area (Å²) in [6.45, 7) is 2.15. The number of hydrogen-bond acceptors (Lipinski definition) is 2. The maximum Gasteiger partial charge on any atom is 0.0745 e. The molecule has 1 unspecified atom stereocenters. The Bertz CT molecular complexity index is 611. The molecule has 1 aromatic heterocycles. The average Bonchev–Trinajstić information content (AvgIpc) is 2.80. The van der Waals surface area contributed by atoms with Gasteiger partial charge in [-0.1, -0.05) is 37.6 Å². The third-order valence-corrected chi connectivity index (χ3v) is 4.73. The van der Waals surface area contributed by atoms with Gasteiger partial charge in [-0.15, -0.1) is 0 Å². The standard InChI is InChI=1S/C18H25N3/c1-4-16-12-17(21(3)20-16)18(19-2)15-10-6-9-14(11-15)13-7-5-8-13/h6,9-13,18-19H,4-5,7-8H2,1-3H3. The molecule has 3 rings (SSSR count). The highest BCUT2D eigenvalue weighted by molar-refractivity contribution is 5.34. The highest BCUT2D eigenvalue weighted by atomic mass is 15.3. The molecule has 0 spiro atoms. The normalized spacial score (nSPS) is 16.7. The molecular weight excluding hydrogens is 258 g/mol. The number of rotatable bonds is 5. The van der Waals surface area contributed by atoms with Gasteiger partial charge in [0.1, 0.15) is 0 Å². The average molecular weight is 283 g/mol. The van der Waals surface area contributed by atoms with Gasteiger partial charge in [-0.2, -0.15) is 5.10 Å². The molecule has 3 heteroatoms. The lowest BCUT2D eigenvalue weighted by Gasteiger charge is -2.27. The maximum atomic E-state index is 4.59. The summed E-state index contributed by atoms with van der Waals surface area (Å²) in [6.07, 6.45) is 5.05. The van der Waals surface area contributed by atoms with Crippen LogP contribution in [0.15, 0.2) is 30.3 Å².